The zero-order valence-corrected chi connectivity index (χ0v) is 12.1. The molecule has 0 atom stereocenters. The number of hydrogen-bond donors (Lipinski definition) is 1. The van der Waals surface area contributed by atoms with Crippen molar-refractivity contribution in [2.45, 2.75) is 6.42 Å². The highest BCUT2D eigenvalue weighted by atomic mass is 16.4. The number of hydrogen-bond acceptors (Lipinski definition) is 5. The van der Waals surface area contributed by atoms with Crippen molar-refractivity contribution in [3.8, 4) is 0 Å². The summed E-state index contributed by atoms with van der Waals surface area (Å²) in [4.78, 5) is 15.7. The van der Waals surface area contributed by atoms with E-state index in [-0.39, 0.29) is 5.56 Å². The highest BCUT2D eigenvalue weighted by molar-refractivity contribution is 5.88. The molecule has 3 rings (SSSR count). The third-order valence-electron chi connectivity index (χ3n) is 3.98. The zero-order chi connectivity index (χ0) is 14.8. The molecule has 7 nitrogen and oxygen atoms in total. The molecule has 1 fully saturated rings. The second kappa shape index (κ2) is 5.79. The highest BCUT2D eigenvalue weighted by Gasteiger charge is 2.15. The van der Waals surface area contributed by atoms with Crippen LogP contribution >= 0.6 is 0 Å². The van der Waals surface area contributed by atoms with Crippen LogP contribution in [0.5, 0.6) is 0 Å². The van der Waals surface area contributed by atoms with E-state index in [1.54, 1.807) is 18.3 Å². The van der Waals surface area contributed by atoms with Crippen LogP contribution in [-0.4, -0.2) is 75.2 Å². The molecule has 1 aliphatic rings. The number of pyridine rings is 1. The van der Waals surface area contributed by atoms with Crippen LogP contribution in [-0.2, 0) is 6.42 Å². The molecule has 0 spiro atoms. The van der Waals surface area contributed by atoms with E-state index in [2.05, 4.69) is 27.0 Å². The Kier molecular flexibility index (Phi) is 3.85. The first-order chi connectivity index (χ1) is 10.1. The summed E-state index contributed by atoms with van der Waals surface area (Å²) < 4.78 is 1.86. The minimum Gasteiger partial charge on any atom is -0.478 e. The minimum absolute atomic E-state index is 0.237. The third-order valence-corrected chi connectivity index (χ3v) is 3.98. The number of rotatable bonds is 4. The Labute approximate surface area is 122 Å². The van der Waals surface area contributed by atoms with Crippen LogP contribution in [0.15, 0.2) is 18.3 Å². The van der Waals surface area contributed by atoms with Crippen LogP contribution in [0.4, 0.5) is 0 Å². The van der Waals surface area contributed by atoms with Crippen LogP contribution in [0.3, 0.4) is 0 Å². The van der Waals surface area contributed by atoms with E-state index >= 15 is 0 Å². The number of carboxylic acid groups (broad SMARTS) is 1. The molecule has 1 aliphatic heterocycles. The van der Waals surface area contributed by atoms with Gasteiger partial charge >= 0.3 is 5.97 Å². The maximum absolute atomic E-state index is 10.9. The molecule has 1 N–H and O–H groups in total. The van der Waals surface area contributed by atoms with Gasteiger partial charge in [0.25, 0.3) is 0 Å². The van der Waals surface area contributed by atoms with E-state index < -0.39 is 5.97 Å². The average molecular weight is 289 g/mol. The Hall–Kier alpha value is -1.99. The first-order valence-corrected chi connectivity index (χ1v) is 7.11. The quantitative estimate of drug-likeness (QED) is 0.868. The second-order valence-electron chi connectivity index (χ2n) is 5.46. The number of likely N-dealkylation sites (N-methyl/N-ethyl adjacent to an activating group) is 1. The molecule has 0 aromatic carbocycles. The van der Waals surface area contributed by atoms with Crippen LogP contribution in [0.1, 0.15) is 16.2 Å². The van der Waals surface area contributed by atoms with Gasteiger partial charge in [-0.1, -0.05) is 0 Å². The van der Waals surface area contributed by atoms with Crippen LogP contribution in [0.25, 0.3) is 5.65 Å². The monoisotopic (exact) mass is 289 g/mol. The number of carbonyl (C=O) groups is 1. The lowest BCUT2D eigenvalue weighted by molar-refractivity contribution is 0.0697. The molecule has 0 radical (unpaired) electrons. The smallest absolute Gasteiger partial charge is 0.335 e. The standard InChI is InChI=1S/C14H19N5O2/c1-17-6-8-18(9-7-17)4-3-12-15-16-13-10-11(14(20)21)2-5-19(12)13/h2,5,10H,3-4,6-9H2,1H3,(H,20,21). The van der Waals surface area contributed by atoms with E-state index in [1.807, 2.05) is 4.40 Å². The van der Waals surface area contributed by atoms with Gasteiger partial charge in [0.2, 0.25) is 0 Å². The molecule has 0 unspecified atom stereocenters. The number of nitrogens with zero attached hydrogens (tertiary/aromatic N) is 5. The number of fused-ring (bicyclic) bond motifs is 1. The fourth-order valence-electron chi connectivity index (χ4n) is 2.57. The molecule has 0 saturated carbocycles. The van der Waals surface area contributed by atoms with E-state index in [4.69, 9.17) is 5.11 Å². The molecule has 112 valence electrons. The van der Waals surface area contributed by atoms with Gasteiger partial charge in [0.15, 0.2) is 5.65 Å². The lowest BCUT2D eigenvalue weighted by atomic mass is 10.2. The molecule has 21 heavy (non-hydrogen) atoms. The average Bonchev–Trinajstić information content (AvgIpc) is 2.89. The Morgan fingerprint density at radius 2 is 2.05 bits per heavy atom. The van der Waals surface area contributed by atoms with Gasteiger partial charge in [0.05, 0.1) is 5.56 Å². The highest BCUT2D eigenvalue weighted by Crippen LogP contribution is 2.09. The number of piperazine rings is 1. The lowest BCUT2D eigenvalue weighted by Gasteiger charge is -2.32. The van der Waals surface area contributed by atoms with Crippen molar-refractivity contribution in [1.29, 1.82) is 0 Å². The van der Waals surface area contributed by atoms with Gasteiger partial charge in [0.1, 0.15) is 5.82 Å². The third kappa shape index (κ3) is 3.03. The zero-order valence-electron chi connectivity index (χ0n) is 12.1. The molecule has 0 amide bonds. The van der Waals surface area contributed by atoms with Crippen LogP contribution in [0, 0.1) is 0 Å². The van der Waals surface area contributed by atoms with E-state index in [0.717, 1.165) is 45.0 Å². The summed E-state index contributed by atoms with van der Waals surface area (Å²) in [7, 11) is 2.14. The van der Waals surface area contributed by atoms with Crippen molar-refractivity contribution < 1.29 is 9.90 Å². The van der Waals surface area contributed by atoms with Gasteiger partial charge in [-0.2, -0.15) is 0 Å². The van der Waals surface area contributed by atoms with Gasteiger partial charge in [-0.15, -0.1) is 10.2 Å². The summed E-state index contributed by atoms with van der Waals surface area (Å²) in [5, 5.41) is 17.2. The Bertz CT molecular complexity index is 646. The summed E-state index contributed by atoms with van der Waals surface area (Å²) in [6.07, 6.45) is 2.55. The predicted molar refractivity (Wildman–Crippen MR) is 77.6 cm³/mol. The van der Waals surface area contributed by atoms with Gasteiger partial charge in [0, 0.05) is 45.3 Å². The number of aromatic carboxylic acids is 1. The molecular formula is C14H19N5O2. The van der Waals surface area contributed by atoms with E-state index in [0.29, 0.717) is 5.65 Å². The Morgan fingerprint density at radius 1 is 1.29 bits per heavy atom. The normalized spacial score (nSPS) is 17.4. The second-order valence-corrected chi connectivity index (χ2v) is 5.46. The summed E-state index contributed by atoms with van der Waals surface area (Å²) in [6.45, 7) is 5.31. The minimum atomic E-state index is -0.945. The lowest BCUT2D eigenvalue weighted by Crippen LogP contribution is -2.45. The Balaban J connectivity index is 1.68. The Morgan fingerprint density at radius 3 is 2.76 bits per heavy atom. The predicted octanol–water partition coefficient (Wildman–Crippen LogP) is 0.217. The molecule has 2 aromatic heterocycles. The van der Waals surface area contributed by atoms with E-state index in [1.165, 1.54) is 0 Å². The molecule has 0 aliphatic carbocycles. The molecule has 2 aromatic rings. The number of carboxylic acids is 1. The van der Waals surface area contributed by atoms with Crippen molar-refractivity contribution in [2.24, 2.45) is 0 Å². The van der Waals surface area contributed by atoms with Gasteiger partial charge in [-0.3, -0.25) is 4.40 Å². The summed E-state index contributed by atoms with van der Waals surface area (Å²) in [5.41, 5.74) is 0.823. The number of aromatic nitrogens is 3. The van der Waals surface area contributed by atoms with Crippen LogP contribution in [0.2, 0.25) is 0 Å². The molecule has 3 heterocycles. The molecule has 0 bridgehead atoms. The maximum atomic E-state index is 10.9. The van der Waals surface area contributed by atoms with Gasteiger partial charge in [-0.05, 0) is 19.2 Å². The fourth-order valence-corrected chi connectivity index (χ4v) is 2.57. The summed E-state index contributed by atoms with van der Waals surface area (Å²) in [6, 6.07) is 3.13. The van der Waals surface area contributed by atoms with Crippen molar-refractivity contribution in [3.05, 3.63) is 29.7 Å². The molecular weight excluding hydrogens is 270 g/mol. The largest absolute Gasteiger partial charge is 0.478 e. The van der Waals surface area contributed by atoms with Crippen LogP contribution < -0.4 is 0 Å². The summed E-state index contributed by atoms with van der Waals surface area (Å²) in [5.74, 6) is -0.0691. The molecule has 1 saturated heterocycles. The van der Waals surface area contributed by atoms with Crippen molar-refractivity contribution >= 4 is 11.6 Å². The molecule has 7 heteroatoms. The van der Waals surface area contributed by atoms with Gasteiger partial charge in [-0.25, -0.2) is 4.79 Å². The van der Waals surface area contributed by atoms with Gasteiger partial charge < -0.3 is 14.9 Å². The first kappa shape index (κ1) is 14.0. The SMILES string of the molecule is CN1CCN(CCc2nnc3cc(C(=O)O)ccn23)CC1. The maximum Gasteiger partial charge on any atom is 0.335 e. The topological polar surface area (TPSA) is 74.0 Å². The summed E-state index contributed by atoms with van der Waals surface area (Å²) >= 11 is 0. The van der Waals surface area contributed by atoms with Crippen molar-refractivity contribution in [2.75, 3.05) is 39.8 Å². The van der Waals surface area contributed by atoms with Crippen molar-refractivity contribution in [3.63, 3.8) is 0 Å². The first-order valence-electron chi connectivity index (χ1n) is 7.11. The van der Waals surface area contributed by atoms with E-state index in [9.17, 15) is 4.79 Å². The van der Waals surface area contributed by atoms with Crippen molar-refractivity contribution in [1.82, 2.24) is 24.4 Å². The fraction of sp³-hybridized carbons (Fsp3) is 0.500.